The number of methoxy groups -OCH3 is 1. The number of anilines is 1. The summed E-state index contributed by atoms with van der Waals surface area (Å²) in [5.74, 6) is 0.510. The number of amides is 1. The van der Waals surface area contributed by atoms with Gasteiger partial charge in [0.2, 0.25) is 11.7 Å². The second kappa shape index (κ2) is 8.40. The minimum absolute atomic E-state index is 0.0786. The summed E-state index contributed by atoms with van der Waals surface area (Å²) in [5, 5.41) is 3.30. The van der Waals surface area contributed by atoms with Crippen molar-refractivity contribution >= 4 is 40.0 Å². The third kappa shape index (κ3) is 3.81. The number of nitrogens with zero attached hydrogens (tertiary/aromatic N) is 4. The van der Waals surface area contributed by atoms with Gasteiger partial charge in [-0.25, -0.2) is 9.38 Å². The van der Waals surface area contributed by atoms with Crippen LogP contribution in [-0.4, -0.2) is 32.0 Å². The van der Waals surface area contributed by atoms with Gasteiger partial charge in [-0.15, -0.1) is 0 Å². The van der Waals surface area contributed by atoms with E-state index in [9.17, 15) is 9.59 Å². The van der Waals surface area contributed by atoms with Gasteiger partial charge >= 0.3 is 0 Å². The number of hydrogen-bond donors (Lipinski definition) is 1. The van der Waals surface area contributed by atoms with E-state index in [1.807, 2.05) is 30.3 Å². The molecule has 0 aliphatic rings. The first-order valence-corrected chi connectivity index (χ1v) is 10.5. The highest BCUT2D eigenvalue weighted by Gasteiger charge is 2.18. The predicted molar refractivity (Wildman–Crippen MR) is 127 cm³/mol. The molecule has 8 nitrogen and oxygen atoms in total. The summed E-state index contributed by atoms with van der Waals surface area (Å²) >= 11 is 6.08. The quantitative estimate of drug-likeness (QED) is 0.429. The Morgan fingerprint density at radius 2 is 1.82 bits per heavy atom. The lowest BCUT2D eigenvalue weighted by Gasteiger charge is -2.12. The number of carbonyl (C=O) groups excluding carboxylic acids is 1. The molecular weight excluding hydrogens is 442 g/mol. The van der Waals surface area contributed by atoms with Crippen LogP contribution in [0, 0.1) is 0 Å². The van der Waals surface area contributed by atoms with E-state index < -0.39 is 0 Å². The molecule has 5 rings (SSSR count). The molecule has 0 aliphatic heterocycles. The lowest BCUT2D eigenvalue weighted by Crippen LogP contribution is -2.21. The molecule has 3 heterocycles. The van der Waals surface area contributed by atoms with Crippen LogP contribution in [0.4, 0.5) is 5.69 Å². The molecule has 0 bridgehead atoms. The van der Waals surface area contributed by atoms with Crippen molar-refractivity contribution in [3.05, 3.63) is 88.3 Å². The molecule has 164 valence electrons. The SMILES string of the molecule is COc1ccc(Cl)cc1NC(=O)Cn1c2ccccc2n2c(=O)cc(-c3ccccn3)nc12. The standard InChI is InChI=1S/C24H18ClN5O3/c1-33-21-10-9-15(25)12-18(21)27-22(31)14-29-19-7-2-3-8-20(19)30-23(32)13-17(28-24(29)30)16-6-4-5-11-26-16/h2-13H,14H2,1H3,(H,27,31). The Kier molecular flexibility index (Phi) is 5.27. The van der Waals surface area contributed by atoms with E-state index in [2.05, 4.69) is 15.3 Å². The number of benzene rings is 2. The summed E-state index contributed by atoms with van der Waals surface area (Å²) in [6, 6.07) is 19.2. The summed E-state index contributed by atoms with van der Waals surface area (Å²) in [6.07, 6.45) is 1.64. The second-order valence-electron chi connectivity index (χ2n) is 7.30. The second-order valence-corrected chi connectivity index (χ2v) is 7.73. The molecule has 9 heteroatoms. The smallest absolute Gasteiger partial charge is 0.260 e. The van der Waals surface area contributed by atoms with Crippen LogP contribution < -0.4 is 15.6 Å². The Morgan fingerprint density at radius 3 is 2.58 bits per heavy atom. The maximum absolute atomic E-state index is 13.0. The summed E-state index contributed by atoms with van der Waals surface area (Å²) in [6.45, 7) is -0.0786. The molecule has 0 aliphatic carbocycles. The maximum atomic E-state index is 13.0. The summed E-state index contributed by atoms with van der Waals surface area (Å²) in [4.78, 5) is 35.1. The number of aromatic nitrogens is 4. The van der Waals surface area contributed by atoms with Crippen LogP contribution in [-0.2, 0) is 11.3 Å². The predicted octanol–water partition coefficient (Wildman–Crippen LogP) is 4.01. The number of rotatable bonds is 5. The summed E-state index contributed by atoms with van der Waals surface area (Å²) in [5.41, 5.74) is 2.56. The lowest BCUT2D eigenvalue weighted by molar-refractivity contribution is -0.116. The van der Waals surface area contributed by atoms with Crippen molar-refractivity contribution in [2.24, 2.45) is 0 Å². The molecule has 0 fully saturated rings. The van der Waals surface area contributed by atoms with Gasteiger partial charge in [-0.1, -0.05) is 29.8 Å². The van der Waals surface area contributed by atoms with Crippen LogP contribution >= 0.6 is 11.6 Å². The van der Waals surface area contributed by atoms with Crippen LogP contribution in [0.2, 0.25) is 5.02 Å². The largest absolute Gasteiger partial charge is 0.495 e. The van der Waals surface area contributed by atoms with Crippen molar-refractivity contribution in [2.45, 2.75) is 6.54 Å². The van der Waals surface area contributed by atoms with E-state index in [1.54, 1.807) is 41.1 Å². The van der Waals surface area contributed by atoms with Gasteiger partial charge in [0.25, 0.3) is 5.56 Å². The monoisotopic (exact) mass is 459 g/mol. The summed E-state index contributed by atoms with van der Waals surface area (Å²) < 4.78 is 8.51. The molecular formula is C24H18ClN5O3. The highest BCUT2D eigenvalue weighted by molar-refractivity contribution is 6.31. The van der Waals surface area contributed by atoms with Crippen molar-refractivity contribution in [3.63, 3.8) is 0 Å². The van der Waals surface area contributed by atoms with E-state index in [-0.39, 0.29) is 18.0 Å². The van der Waals surface area contributed by atoms with E-state index in [0.717, 1.165) is 0 Å². The molecule has 3 aromatic heterocycles. The fourth-order valence-corrected chi connectivity index (χ4v) is 3.95. The Morgan fingerprint density at radius 1 is 1.03 bits per heavy atom. The van der Waals surface area contributed by atoms with Gasteiger partial charge in [0, 0.05) is 17.3 Å². The van der Waals surface area contributed by atoms with Gasteiger partial charge in [-0.05, 0) is 42.5 Å². The summed E-state index contributed by atoms with van der Waals surface area (Å²) in [7, 11) is 1.52. The fraction of sp³-hybridized carbons (Fsp3) is 0.0833. The normalized spacial score (nSPS) is 11.1. The number of hydrogen-bond acceptors (Lipinski definition) is 5. The average Bonchev–Trinajstić information content (AvgIpc) is 3.14. The Bertz CT molecular complexity index is 1560. The molecule has 5 aromatic rings. The maximum Gasteiger partial charge on any atom is 0.260 e. The van der Waals surface area contributed by atoms with Crippen molar-refractivity contribution in [1.29, 1.82) is 0 Å². The van der Waals surface area contributed by atoms with Gasteiger partial charge in [-0.3, -0.25) is 14.6 Å². The first kappa shape index (κ1) is 20.7. The molecule has 0 atom stereocenters. The van der Waals surface area contributed by atoms with Gasteiger partial charge < -0.3 is 14.6 Å². The number of para-hydroxylation sites is 2. The van der Waals surface area contributed by atoms with Crippen LogP contribution in [0.15, 0.2) is 77.7 Å². The Balaban J connectivity index is 1.62. The number of fused-ring (bicyclic) bond motifs is 3. The molecule has 33 heavy (non-hydrogen) atoms. The molecule has 1 N–H and O–H groups in total. The molecule has 0 unspecified atom stereocenters. The van der Waals surface area contributed by atoms with Gasteiger partial charge in [0.15, 0.2) is 0 Å². The zero-order chi connectivity index (χ0) is 22.9. The number of nitrogens with one attached hydrogen (secondary N) is 1. The molecule has 0 saturated heterocycles. The Labute approximate surface area is 193 Å². The van der Waals surface area contributed by atoms with Crippen molar-refractivity contribution in [2.75, 3.05) is 12.4 Å². The minimum atomic E-state index is -0.323. The van der Waals surface area contributed by atoms with E-state index in [4.69, 9.17) is 16.3 Å². The van der Waals surface area contributed by atoms with Gasteiger partial charge in [-0.2, -0.15) is 0 Å². The van der Waals surface area contributed by atoms with Crippen molar-refractivity contribution in [1.82, 2.24) is 18.9 Å². The Hall–Kier alpha value is -4.17. The van der Waals surface area contributed by atoms with E-state index in [0.29, 0.717) is 44.7 Å². The highest BCUT2D eigenvalue weighted by Crippen LogP contribution is 2.28. The van der Waals surface area contributed by atoms with Crippen LogP contribution in [0.1, 0.15) is 0 Å². The zero-order valence-corrected chi connectivity index (χ0v) is 18.3. The van der Waals surface area contributed by atoms with Gasteiger partial charge in [0.1, 0.15) is 12.3 Å². The minimum Gasteiger partial charge on any atom is -0.495 e. The third-order valence-corrected chi connectivity index (χ3v) is 5.46. The van der Waals surface area contributed by atoms with Crippen molar-refractivity contribution < 1.29 is 9.53 Å². The van der Waals surface area contributed by atoms with E-state index in [1.165, 1.54) is 17.6 Å². The topological polar surface area (TPSA) is 90.5 Å². The number of carbonyl (C=O) groups is 1. The zero-order valence-electron chi connectivity index (χ0n) is 17.5. The van der Waals surface area contributed by atoms with Crippen LogP contribution in [0.3, 0.4) is 0 Å². The average molecular weight is 460 g/mol. The molecule has 0 radical (unpaired) electrons. The van der Waals surface area contributed by atoms with Crippen molar-refractivity contribution in [3.8, 4) is 17.1 Å². The molecule has 1 amide bonds. The fourth-order valence-electron chi connectivity index (χ4n) is 3.78. The molecule has 2 aromatic carbocycles. The number of halogens is 1. The number of pyridine rings is 1. The van der Waals surface area contributed by atoms with Crippen LogP contribution in [0.25, 0.3) is 28.2 Å². The molecule has 0 saturated carbocycles. The van der Waals surface area contributed by atoms with Crippen LogP contribution in [0.5, 0.6) is 5.75 Å². The molecule has 0 spiro atoms. The number of imidazole rings is 1. The number of ether oxygens (including phenoxy) is 1. The highest BCUT2D eigenvalue weighted by atomic mass is 35.5. The lowest BCUT2D eigenvalue weighted by atomic mass is 10.2. The first-order chi connectivity index (χ1) is 16.0. The first-order valence-electron chi connectivity index (χ1n) is 10.1. The third-order valence-electron chi connectivity index (χ3n) is 5.22. The van der Waals surface area contributed by atoms with E-state index >= 15 is 0 Å². The van der Waals surface area contributed by atoms with Gasteiger partial charge in [0.05, 0.1) is 35.2 Å².